The number of rotatable bonds is 8. The van der Waals surface area contributed by atoms with Crippen molar-refractivity contribution in [2.24, 2.45) is 17.3 Å². The second kappa shape index (κ2) is 10.9. The van der Waals surface area contributed by atoms with E-state index in [0.717, 1.165) is 4.88 Å². The van der Waals surface area contributed by atoms with E-state index < -0.39 is 5.41 Å². The maximum Gasteiger partial charge on any atom is 0.250 e. The number of nitrogens with one attached hydrogen (secondary N) is 1. The Kier molecular flexibility index (Phi) is 7.00. The minimum Gasteiger partial charge on any atom is -0.457 e. The van der Waals surface area contributed by atoms with Crippen LogP contribution in [0.4, 0.5) is 10.1 Å². The van der Waals surface area contributed by atoms with E-state index in [-0.39, 0.29) is 36.0 Å². The first kappa shape index (κ1) is 25.7. The number of amides is 2. The molecule has 1 aliphatic carbocycles. The third kappa shape index (κ3) is 5.57. The molecule has 2 aromatic heterocycles. The molecule has 0 saturated heterocycles. The van der Waals surface area contributed by atoms with Crippen LogP contribution in [-0.4, -0.2) is 38.3 Å². The molecule has 3 atom stereocenters. The lowest BCUT2D eigenvalue weighted by Gasteiger charge is -2.21. The highest BCUT2D eigenvalue weighted by Crippen LogP contribution is 2.60. The summed E-state index contributed by atoms with van der Waals surface area (Å²) in [4.78, 5) is 30.8. The van der Waals surface area contributed by atoms with Crippen molar-refractivity contribution in [2.45, 2.75) is 13.0 Å². The van der Waals surface area contributed by atoms with Crippen molar-refractivity contribution >= 4 is 34.9 Å². The third-order valence-electron chi connectivity index (χ3n) is 7.23. The summed E-state index contributed by atoms with van der Waals surface area (Å²) in [5.41, 5.74) is -0.0790. The number of thiophene rings is 1. The predicted octanol–water partition coefficient (Wildman–Crippen LogP) is 5.60. The molecule has 2 amide bonds. The lowest BCUT2D eigenvalue weighted by molar-refractivity contribution is -0.130. The first-order valence-electron chi connectivity index (χ1n) is 12.9. The van der Waals surface area contributed by atoms with Gasteiger partial charge in [-0.1, -0.05) is 18.2 Å². The van der Waals surface area contributed by atoms with Crippen LogP contribution >= 0.6 is 11.3 Å². The highest BCUT2D eigenvalue weighted by Gasteiger charge is 2.61. The fraction of sp³-hybridized carbons (Fsp3) is 0.200. The van der Waals surface area contributed by atoms with E-state index in [2.05, 4.69) is 27.7 Å². The molecule has 1 aliphatic heterocycles. The van der Waals surface area contributed by atoms with Gasteiger partial charge in [-0.2, -0.15) is 15.0 Å². The standard InChI is InChI=1S/C30H26FN5O3S/c31-22-4-8-24(9-5-22)39-25-10-6-23(7-11-25)34-29(38)30-13-16-35(28(37)20-36-32-14-15-33-36)19-21(27(30)18-30)3-12-26-2-1-17-40-26/h1-17,21,27H,18-20H2,(H,34,38)/b12-3+/t21?,27?,30-/m0/s1. The van der Waals surface area contributed by atoms with E-state index in [4.69, 9.17) is 4.74 Å². The van der Waals surface area contributed by atoms with Gasteiger partial charge in [0, 0.05) is 23.3 Å². The lowest BCUT2D eigenvalue weighted by Crippen LogP contribution is -2.33. The fourth-order valence-corrected chi connectivity index (χ4v) is 5.65. The van der Waals surface area contributed by atoms with Crippen LogP contribution in [0.3, 0.4) is 0 Å². The highest BCUT2D eigenvalue weighted by molar-refractivity contribution is 7.10. The second-order valence-corrected chi connectivity index (χ2v) is 10.8. The molecule has 202 valence electrons. The van der Waals surface area contributed by atoms with Crippen LogP contribution in [0.1, 0.15) is 11.3 Å². The molecule has 0 bridgehead atoms. The van der Waals surface area contributed by atoms with Crippen molar-refractivity contribution in [3.63, 3.8) is 0 Å². The number of carbonyl (C=O) groups is 2. The van der Waals surface area contributed by atoms with Crippen LogP contribution in [0.25, 0.3) is 6.08 Å². The molecule has 6 rings (SSSR count). The Hall–Kier alpha value is -4.57. The van der Waals surface area contributed by atoms with E-state index in [9.17, 15) is 14.0 Å². The molecular weight excluding hydrogens is 529 g/mol. The van der Waals surface area contributed by atoms with Crippen LogP contribution in [-0.2, 0) is 16.1 Å². The lowest BCUT2D eigenvalue weighted by atomic mass is 9.93. The van der Waals surface area contributed by atoms with Crippen molar-refractivity contribution in [2.75, 3.05) is 11.9 Å². The Morgan fingerprint density at radius 3 is 2.50 bits per heavy atom. The molecule has 1 N–H and O–H groups in total. The number of hydrogen-bond acceptors (Lipinski definition) is 6. The first-order valence-corrected chi connectivity index (χ1v) is 13.8. The molecule has 2 aromatic carbocycles. The molecule has 1 saturated carbocycles. The summed E-state index contributed by atoms with van der Waals surface area (Å²) >= 11 is 1.64. The molecule has 10 heteroatoms. The minimum atomic E-state index is -0.716. The van der Waals surface area contributed by atoms with E-state index in [0.29, 0.717) is 30.2 Å². The zero-order valence-corrected chi connectivity index (χ0v) is 22.2. The van der Waals surface area contributed by atoms with Crippen molar-refractivity contribution in [1.82, 2.24) is 19.9 Å². The zero-order valence-electron chi connectivity index (χ0n) is 21.4. The molecular formula is C30H26FN5O3S. The number of carbonyl (C=O) groups excluding carboxylic acids is 2. The average Bonchev–Trinajstić information content (AvgIpc) is 3.23. The van der Waals surface area contributed by atoms with E-state index >= 15 is 0 Å². The number of fused-ring (bicyclic) bond motifs is 1. The fourth-order valence-electron chi connectivity index (χ4n) is 5.02. The number of benzene rings is 2. The minimum absolute atomic E-state index is 0.0103. The summed E-state index contributed by atoms with van der Waals surface area (Å²) in [6.45, 7) is 0.489. The van der Waals surface area contributed by atoms with Gasteiger partial charge in [-0.05, 0) is 84.3 Å². The van der Waals surface area contributed by atoms with Gasteiger partial charge in [0.25, 0.3) is 0 Å². The van der Waals surface area contributed by atoms with Gasteiger partial charge < -0.3 is 15.0 Å². The van der Waals surface area contributed by atoms with Gasteiger partial charge in [-0.25, -0.2) is 4.39 Å². The molecule has 0 spiro atoms. The van der Waals surface area contributed by atoms with E-state index in [1.807, 2.05) is 23.6 Å². The first-order chi connectivity index (χ1) is 19.5. The Balaban J connectivity index is 1.18. The van der Waals surface area contributed by atoms with E-state index in [1.165, 1.54) is 29.3 Å². The van der Waals surface area contributed by atoms with Crippen molar-refractivity contribution in [3.8, 4) is 11.5 Å². The van der Waals surface area contributed by atoms with E-state index in [1.54, 1.807) is 58.8 Å². The number of hydrogen-bond donors (Lipinski definition) is 1. The summed E-state index contributed by atoms with van der Waals surface area (Å²) in [6.07, 6.45) is 11.6. The smallest absolute Gasteiger partial charge is 0.250 e. The average molecular weight is 556 g/mol. The number of anilines is 1. The summed E-state index contributed by atoms with van der Waals surface area (Å²) < 4.78 is 18.9. The van der Waals surface area contributed by atoms with Crippen molar-refractivity contribution < 1.29 is 18.7 Å². The van der Waals surface area contributed by atoms with Crippen LogP contribution in [0.2, 0.25) is 0 Å². The quantitative estimate of drug-likeness (QED) is 0.306. The largest absolute Gasteiger partial charge is 0.457 e. The molecule has 0 radical (unpaired) electrons. The van der Waals surface area contributed by atoms with Gasteiger partial charge in [-0.15, -0.1) is 11.3 Å². The topological polar surface area (TPSA) is 89.4 Å². The molecule has 2 unspecified atom stereocenters. The normalized spacial score (nSPS) is 21.6. The summed E-state index contributed by atoms with van der Waals surface area (Å²) in [7, 11) is 0. The highest BCUT2D eigenvalue weighted by atomic mass is 32.1. The zero-order chi connectivity index (χ0) is 27.5. The Labute approximate surface area is 234 Å². The summed E-state index contributed by atoms with van der Waals surface area (Å²) in [5, 5.41) is 13.2. The van der Waals surface area contributed by atoms with Gasteiger partial charge in [0.1, 0.15) is 23.9 Å². The van der Waals surface area contributed by atoms with Gasteiger partial charge in [0.15, 0.2) is 0 Å². The maximum atomic E-state index is 13.6. The predicted molar refractivity (Wildman–Crippen MR) is 150 cm³/mol. The molecule has 1 fully saturated rings. The number of aromatic nitrogens is 3. The number of ether oxygens (including phenoxy) is 1. The summed E-state index contributed by atoms with van der Waals surface area (Å²) in [6, 6.07) is 16.9. The maximum absolute atomic E-state index is 13.6. The van der Waals surface area contributed by atoms with Gasteiger partial charge in [-0.3, -0.25) is 9.59 Å². The second-order valence-electron chi connectivity index (χ2n) is 9.85. The molecule has 40 heavy (non-hydrogen) atoms. The molecule has 2 aliphatic rings. The Morgan fingerprint density at radius 1 is 1.07 bits per heavy atom. The molecule has 8 nitrogen and oxygen atoms in total. The van der Waals surface area contributed by atoms with Crippen LogP contribution in [0.15, 0.2) is 96.8 Å². The molecule has 3 heterocycles. The number of nitrogens with zero attached hydrogens (tertiary/aromatic N) is 4. The van der Waals surface area contributed by atoms with Crippen LogP contribution in [0.5, 0.6) is 11.5 Å². The van der Waals surface area contributed by atoms with Gasteiger partial charge >= 0.3 is 0 Å². The Bertz CT molecular complexity index is 1540. The van der Waals surface area contributed by atoms with Gasteiger partial charge in [0.05, 0.1) is 17.8 Å². The monoisotopic (exact) mass is 555 g/mol. The number of halogens is 1. The third-order valence-corrected chi connectivity index (χ3v) is 8.07. The van der Waals surface area contributed by atoms with Crippen molar-refractivity contribution in [1.29, 1.82) is 0 Å². The van der Waals surface area contributed by atoms with Gasteiger partial charge in [0.2, 0.25) is 11.8 Å². The summed E-state index contributed by atoms with van der Waals surface area (Å²) in [5.74, 6) is 0.550. The Morgan fingerprint density at radius 2 is 1.80 bits per heavy atom. The molecule has 4 aromatic rings. The van der Waals surface area contributed by atoms with Crippen LogP contribution in [0, 0.1) is 23.1 Å². The van der Waals surface area contributed by atoms with Crippen molar-refractivity contribution in [3.05, 3.63) is 107 Å². The van der Waals surface area contributed by atoms with Crippen LogP contribution < -0.4 is 10.1 Å². The SMILES string of the molecule is O=C(Cn1nccn1)N1C=C[C@]2(C(=O)Nc3ccc(Oc4ccc(F)cc4)cc3)CC2C(/C=C/c2cccs2)C1.